The van der Waals surface area contributed by atoms with Gasteiger partial charge in [0, 0.05) is 26.0 Å². The Kier molecular flexibility index (Phi) is 6.37. The third-order valence-electron chi connectivity index (χ3n) is 4.53. The minimum Gasteiger partial charge on any atom is -0.344 e. The number of carbonyl (C=O) groups is 1. The van der Waals surface area contributed by atoms with Gasteiger partial charge in [-0.3, -0.25) is 14.7 Å². The Labute approximate surface area is 134 Å². The molecular formula is C18H29N3O. The van der Waals surface area contributed by atoms with Gasteiger partial charge in [0.15, 0.2) is 0 Å². The first-order valence-electron chi connectivity index (χ1n) is 8.47. The molecule has 0 bridgehead atoms. The highest BCUT2D eigenvalue weighted by Gasteiger charge is 2.31. The number of likely N-dealkylation sites (tertiary alicyclic amines) is 1. The Balaban J connectivity index is 1.93. The number of piperidine rings is 1. The van der Waals surface area contributed by atoms with Gasteiger partial charge in [0.05, 0.1) is 6.04 Å². The second-order valence-corrected chi connectivity index (χ2v) is 6.65. The molecule has 1 aliphatic heterocycles. The summed E-state index contributed by atoms with van der Waals surface area (Å²) in [5.74, 6) is 0.625. The molecule has 0 spiro atoms. The maximum absolute atomic E-state index is 12.9. The lowest BCUT2D eigenvalue weighted by atomic mass is 9.98. The number of likely N-dealkylation sites (N-methyl/N-ethyl adjacent to an activating group) is 1. The van der Waals surface area contributed by atoms with Gasteiger partial charge in [-0.25, -0.2) is 0 Å². The molecule has 0 N–H and O–H groups in total. The van der Waals surface area contributed by atoms with Crippen molar-refractivity contribution < 1.29 is 4.79 Å². The fourth-order valence-electron chi connectivity index (χ4n) is 3.24. The van der Waals surface area contributed by atoms with Crippen LogP contribution in [-0.4, -0.2) is 53.4 Å². The van der Waals surface area contributed by atoms with Crippen LogP contribution in [0.15, 0.2) is 24.5 Å². The zero-order valence-corrected chi connectivity index (χ0v) is 14.2. The normalized spacial score (nSPS) is 17.5. The molecule has 0 unspecified atom stereocenters. The summed E-state index contributed by atoms with van der Waals surface area (Å²) in [7, 11) is 1.93. The van der Waals surface area contributed by atoms with Gasteiger partial charge in [-0.05, 0) is 56.0 Å². The van der Waals surface area contributed by atoms with Crippen LogP contribution in [0.4, 0.5) is 0 Å². The van der Waals surface area contributed by atoms with Gasteiger partial charge in [0.2, 0.25) is 5.91 Å². The summed E-state index contributed by atoms with van der Waals surface area (Å²) in [6.07, 6.45) is 8.24. The third-order valence-corrected chi connectivity index (χ3v) is 4.53. The molecule has 1 amide bonds. The van der Waals surface area contributed by atoms with E-state index in [-0.39, 0.29) is 11.9 Å². The van der Waals surface area contributed by atoms with Gasteiger partial charge >= 0.3 is 0 Å². The number of pyridine rings is 1. The molecule has 122 valence electrons. The van der Waals surface area contributed by atoms with E-state index in [1.54, 1.807) is 0 Å². The Morgan fingerprint density at radius 1 is 1.23 bits per heavy atom. The molecule has 2 heterocycles. The quantitative estimate of drug-likeness (QED) is 0.810. The fourth-order valence-corrected chi connectivity index (χ4v) is 3.24. The van der Waals surface area contributed by atoms with E-state index in [1.807, 2.05) is 36.5 Å². The van der Waals surface area contributed by atoms with E-state index >= 15 is 0 Å². The van der Waals surface area contributed by atoms with E-state index in [0.29, 0.717) is 5.92 Å². The summed E-state index contributed by atoms with van der Waals surface area (Å²) in [6.45, 7) is 7.21. The number of rotatable bonds is 6. The summed E-state index contributed by atoms with van der Waals surface area (Å²) in [5, 5.41) is 0. The van der Waals surface area contributed by atoms with Crippen LogP contribution in [0.2, 0.25) is 0 Å². The second-order valence-electron chi connectivity index (χ2n) is 6.65. The number of carbonyl (C=O) groups excluding carboxylic acids is 1. The molecule has 1 aromatic heterocycles. The molecule has 0 radical (unpaired) electrons. The van der Waals surface area contributed by atoms with Crippen molar-refractivity contribution >= 4 is 5.91 Å². The Morgan fingerprint density at radius 3 is 2.45 bits per heavy atom. The van der Waals surface area contributed by atoms with Gasteiger partial charge in [-0.1, -0.05) is 20.3 Å². The minimum absolute atomic E-state index is 0.0303. The van der Waals surface area contributed by atoms with Crippen molar-refractivity contribution in [3.05, 3.63) is 30.1 Å². The first kappa shape index (κ1) is 16.9. The van der Waals surface area contributed by atoms with Crippen molar-refractivity contribution in [1.29, 1.82) is 0 Å². The summed E-state index contributed by atoms with van der Waals surface area (Å²) in [5.41, 5.74) is 1.23. The van der Waals surface area contributed by atoms with E-state index in [2.05, 4.69) is 23.7 Å². The van der Waals surface area contributed by atoms with Crippen molar-refractivity contribution in [3.8, 4) is 0 Å². The molecular weight excluding hydrogens is 274 g/mol. The van der Waals surface area contributed by atoms with Gasteiger partial charge in [-0.2, -0.15) is 0 Å². The van der Waals surface area contributed by atoms with Gasteiger partial charge < -0.3 is 4.90 Å². The monoisotopic (exact) mass is 303 g/mol. The number of amides is 1. The number of aromatic nitrogens is 1. The van der Waals surface area contributed by atoms with Crippen LogP contribution < -0.4 is 0 Å². The highest BCUT2D eigenvalue weighted by molar-refractivity contribution is 5.82. The van der Waals surface area contributed by atoms with E-state index in [4.69, 9.17) is 0 Å². The van der Waals surface area contributed by atoms with Crippen LogP contribution in [0.25, 0.3) is 0 Å². The molecule has 1 saturated heterocycles. The number of hydrogen-bond acceptors (Lipinski definition) is 3. The van der Waals surface area contributed by atoms with Crippen molar-refractivity contribution in [2.75, 3.05) is 26.7 Å². The van der Waals surface area contributed by atoms with Crippen LogP contribution in [0.5, 0.6) is 0 Å². The van der Waals surface area contributed by atoms with Crippen molar-refractivity contribution in [3.63, 3.8) is 0 Å². The molecule has 0 aromatic carbocycles. The summed E-state index contributed by atoms with van der Waals surface area (Å²) < 4.78 is 0. The molecule has 2 rings (SSSR count). The number of hydrogen-bond donors (Lipinski definition) is 0. The molecule has 1 aliphatic rings. The lowest BCUT2D eigenvalue weighted by Crippen LogP contribution is -2.52. The Bertz CT molecular complexity index is 455. The lowest BCUT2D eigenvalue weighted by Gasteiger charge is -2.37. The average Bonchev–Trinajstić information content (AvgIpc) is 2.54. The maximum atomic E-state index is 12.9. The van der Waals surface area contributed by atoms with Crippen LogP contribution in [-0.2, 0) is 11.2 Å². The van der Waals surface area contributed by atoms with Gasteiger partial charge in [0.1, 0.15) is 0 Å². The Hall–Kier alpha value is -1.42. The maximum Gasteiger partial charge on any atom is 0.239 e. The lowest BCUT2D eigenvalue weighted by molar-refractivity contribution is -0.137. The molecule has 4 heteroatoms. The molecule has 0 aliphatic carbocycles. The van der Waals surface area contributed by atoms with Gasteiger partial charge in [-0.15, -0.1) is 0 Å². The van der Waals surface area contributed by atoms with E-state index < -0.39 is 0 Å². The standard InChI is InChI=1S/C18H29N3O/c1-15(2)17(21-12-5-4-6-13-21)18(22)20(3)14-9-16-7-10-19-11-8-16/h7-8,10-11,15,17H,4-6,9,12-14H2,1-3H3/t17-/m1/s1. The van der Waals surface area contributed by atoms with E-state index in [0.717, 1.165) is 26.1 Å². The molecule has 1 atom stereocenters. The molecule has 1 fully saturated rings. The first-order valence-corrected chi connectivity index (χ1v) is 8.47. The van der Waals surface area contributed by atoms with Crippen LogP contribution in [0.1, 0.15) is 38.7 Å². The van der Waals surface area contributed by atoms with Crippen LogP contribution >= 0.6 is 0 Å². The minimum atomic E-state index is 0.0303. The van der Waals surface area contributed by atoms with Crippen molar-refractivity contribution in [1.82, 2.24) is 14.8 Å². The first-order chi connectivity index (χ1) is 10.6. The van der Waals surface area contributed by atoms with Crippen LogP contribution in [0, 0.1) is 5.92 Å². The average molecular weight is 303 g/mol. The summed E-state index contributed by atoms with van der Waals surface area (Å²) in [6, 6.07) is 4.06. The Morgan fingerprint density at radius 2 is 1.86 bits per heavy atom. The molecule has 1 aromatic rings. The molecule has 22 heavy (non-hydrogen) atoms. The van der Waals surface area contributed by atoms with E-state index in [1.165, 1.54) is 24.8 Å². The zero-order chi connectivity index (χ0) is 15.9. The third kappa shape index (κ3) is 4.54. The highest BCUT2D eigenvalue weighted by Crippen LogP contribution is 2.19. The molecule has 0 saturated carbocycles. The highest BCUT2D eigenvalue weighted by atomic mass is 16.2. The molecule has 4 nitrogen and oxygen atoms in total. The second kappa shape index (κ2) is 8.28. The predicted octanol–water partition coefficient (Wildman–Crippen LogP) is 2.59. The summed E-state index contributed by atoms with van der Waals surface area (Å²) in [4.78, 5) is 21.2. The summed E-state index contributed by atoms with van der Waals surface area (Å²) >= 11 is 0. The topological polar surface area (TPSA) is 36.4 Å². The van der Waals surface area contributed by atoms with Crippen molar-refractivity contribution in [2.45, 2.75) is 45.6 Å². The van der Waals surface area contributed by atoms with Gasteiger partial charge in [0.25, 0.3) is 0 Å². The fraction of sp³-hybridized carbons (Fsp3) is 0.667. The number of nitrogens with zero attached hydrogens (tertiary/aromatic N) is 3. The SMILES string of the molecule is CC(C)[C@H](C(=O)N(C)CCc1ccncc1)N1CCCCC1. The zero-order valence-electron chi connectivity index (χ0n) is 14.2. The largest absolute Gasteiger partial charge is 0.344 e. The van der Waals surface area contributed by atoms with E-state index in [9.17, 15) is 4.79 Å². The van der Waals surface area contributed by atoms with Crippen LogP contribution in [0.3, 0.4) is 0 Å². The smallest absolute Gasteiger partial charge is 0.239 e. The van der Waals surface area contributed by atoms with Crippen molar-refractivity contribution in [2.24, 2.45) is 5.92 Å². The predicted molar refractivity (Wildman–Crippen MR) is 89.6 cm³/mol.